The maximum Gasteiger partial charge on any atom is 0.131 e. The van der Waals surface area contributed by atoms with Gasteiger partial charge in [0.2, 0.25) is 0 Å². The van der Waals surface area contributed by atoms with Gasteiger partial charge in [-0.1, -0.05) is 133 Å². The van der Waals surface area contributed by atoms with Gasteiger partial charge in [0.1, 0.15) is 18.2 Å². The average molecular weight is 541 g/mol. The number of benzene rings is 6. The molecule has 0 bridgehead atoms. The van der Waals surface area contributed by atoms with Crippen molar-refractivity contribution in [1.29, 1.82) is 5.26 Å². The minimum absolute atomic E-state index is 0.138. The van der Waals surface area contributed by atoms with Crippen LogP contribution >= 0.6 is 0 Å². The summed E-state index contributed by atoms with van der Waals surface area (Å²) in [7, 11) is 0. The van der Waals surface area contributed by atoms with Gasteiger partial charge in [-0.15, -0.1) is 0 Å². The molecule has 7 rings (SSSR count). The Labute approximate surface area is 245 Å². The minimum atomic E-state index is -0.180. The van der Waals surface area contributed by atoms with E-state index in [1.54, 1.807) is 0 Å². The van der Waals surface area contributed by atoms with Crippen LogP contribution in [0.25, 0.3) is 33.0 Å². The van der Waals surface area contributed by atoms with E-state index in [9.17, 15) is 0 Å². The van der Waals surface area contributed by atoms with Gasteiger partial charge in [-0.3, -0.25) is 5.32 Å². The van der Waals surface area contributed by atoms with Gasteiger partial charge in [-0.2, -0.15) is 5.26 Å². The van der Waals surface area contributed by atoms with E-state index in [1.807, 2.05) is 48.5 Å². The van der Waals surface area contributed by atoms with E-state index < -0.39 is 0 Å². The predicted octanol–water partition coefficient (Wildman–Crippen LogP) is 8.38. The van der Waals surface area contributed by atoms with Crippen molar-refractivity contribution < 1.29 is 0 Å². The first kappa shape index (κ1) is 25.5. The average Bonchev–Trinajstić information content (AvgIpc) is 3.08. The Morgan fingerprint density at radius 1 is 0.548 bits per heavy atom. The number of aliphatic imine (C=N–C) groups is 1. The van der Waals surface area contributed by atoms with Crippen molar-refractivity contribution in [3.8, 4) is 28.3 Å². The normalized spacial score (nSPS) is 16.3. The van der Waals surface area contributed by atoms with Gasteiger partial charge in [-0.25, -0.2) is 4.99 Å². The molecule has 1 aliphatic rings. The minimum Gasteiger partial charge on any atom is -0.350 e. The Balaban J connectivity index is 1.26. The van der Waals surface area contributed by atoms with Gasteiger partial charge >= 0.3 is 0 Å². The van der Waals surface area contributed by atoms with Crippen LogP contribution in [0.4, 0.5) is 0 Å². The van der Waals surface area contributed by atoms with Gasteiger partial charge in [-0.05, 0) is 56.3 Å². The Kier molecular flexibility index (Phi) is 6.77. The Bertz CT molecular complexity index is 1920. The zero-order valence-corrected chi connectivity index (χ0v) is 22.9. The molecule has 2 N–H and O–H groups in total. The molecule has 200 valence electrons. The van der Waals surface area contributed by atoms with Crippen LogP contribution in [0.5, 0.6) is 0 Å². The summed E-state index contributed by atoms with van der Waals surface area (Å²) in [5, 5.41) is 19.0. The lowest BCUT2D eigenvalue weighted by Gasteiger charge is -2.33. The smallest absolute Gasteiger partial charge is 0.131 e. The first-order valence-electron chi connectivity index (χ1n) is 14.1. The first-order valence-corrected chi connectivity index (χ1v) is 14.1. The zero-order chi connectivity index (χ0) is 28.3. The third-order valence-electron chi connectivity index (χ3n) is 7.84. The summed E-state index contributed by atoms with van der Waals surface area (Å²) in [4.78, 5) is 5.06. The molecule has 0 saturated heterocycles. The van der Waals surface area contributed by atoms with Crippen LogP contribution in [0, 0.1) is 11.3 Å². The quantitative estimate of drug-likeness (QED) is 0.231. The molecule has 6 aromatic carbocycles. The second-order valence-electron chi connectivity index (χ2n) is 10.4. The molecule has 42 heavy (non-hydrogen) atoms. The fraction of sp³-hybridized carbons (Fsp3) is 0.0526. The maximum absolute atomic E-state index is 9.12. The van der Waals surface area contributed by atoms with Gasteiger partial charge in [0, 0.05) is 5.56 Å². The van der Waals surface area contributed by atoms with Crippen LogP contribution in [-0.2, 0) is 0 Å². The number of amidine groups is 1. The number of nitriles is 1. The SMILES string of the molecule is N#Cc1ccc(-c2ccc(-c3ccc(C4NC(c5ccccc5)=NC(c5ccccc5)N4)c4ccccc34)cc2)cc1. The molecular formula is C38H28N4. The molecule has 0 aliphatic carbocycles. The van der Waals surface area contributed by atoms with E-state index in [4.69, 9.17) is 10.3 Å². The fourth-order valence-corrected chi connectivity index (χ4v) is 5.67. The molecule has 0 spiro atoms. The van der Waals surface area contributed by atoms with Crippen molar-refractivity contribution in [2.24, 2.45) is 4.99 Å². The van der Waals surface area contributed by atoms with Crippen LogP contribution < -0.4 is 10.6 Å². The lowest BCUT2D eigenvalue weighted by atomic mass is 9.92. The van der Waals surface area contributed by atoms with Crippen molar-refractivity contribution in [3.05, 3.63) is 168 Å². The number of nitrogens with one attached hydrogen (secondary N) is 2. The monoisotopic (exact) mass is 540 g/mol. The number of fused-ring (bicyclic) bond motifs is 1. The van der Waals surface area contributed by atoms with E-state index in [2.05, 4.69) is 114 Å². The first-order chi connectivity index (χ1) is 20.8. The molecule has 6 aromatic rings. The fourth-order valence-electron chi connectivity index (χ4n) is 5.67. The highest BCUT2D eigenvalue weighted by atomic mass is 15.3. The van der Waals surface area contributed by atoms with Crippen LogP contribution in [0.15, 0.2) is 151 Å². The molecule has 1 aliphatic heterocycles. The third-order valence-corrected chi connectivity index (χ3v) is 7.84. The molecule has 4 nitrogen and oxygen atoms in total. The zero-order valence-electron chi connectivity index (χ0n) is 22.9. The lowest BCUT2D eigenvalue weighted by Crippen LogP contribution is -2.45. The second-order valence-corrected chi connectivity index (χ2v) is 10.4. The van der Waals surface area contributed by atoms with E-state index in [0.29, 0.717) is 5.56 Å². The van der Waals surface area contributed by atoms with E-state index in [0.717, 1.165) is 33.7 Å². The number of hydrogen-bond acceptors (Lipinski definition) is 4. The standard InChI is InChI=1S/C38H28N4/c39-25-26-15-17-27(18-16-26)28-19-21-29(22-20-28)32-23-24-35(34-14-8-7-13-33(32)34)38-41-36(30-9-3-1-4-10-30)40-37(42-38)31-11-5-2-6-12-31/h1-24,36,38,41H,(H,40,42). The third kappa shape index (κ3) is 4.94. The van der Waals surface area contributed by atoms with Crippen LogP contribution in [-0.4, -0.2) is 5.84 Å². The summed E-state index contributed by atoms with van der Waals surface area (Å²) in [5.41, 5.74) is 8.60. The van der Waals surface area contributed by atoms with Gasteiger partial charge in [0.25, 0.3) is 0 Å². The second kappa shape index (κ2) is 11.2. The van der Waals surface area contributed by atoms with Crippen molar-refractivity contribution in [2.45, 2.75) is 12.3 Å². The number of hydrogen-bond donors (Lipinski definition) is 2. The van der Waals surface area contributed by atoms with Crippen molar-refractivity contribution in [3.63, 3.8) is 0 Å². The summed E-state index contributed by atoms with van der Waals surface area (Å²) >= 11 is 0. The topological polar surface area (TPSA) is 60.2 Å². The summed E-state index contributed by atoms with van der Waals surface area (Å²) in [6.07, 6.45) is -0.318. The molecule has 0 radical (unpaired) electrons. The van der Waals surface area contributed by atoms with Crippen LogP contribution in [0.2, 0.25) is 0 Å². The van der Waals surface area contributed by atoms with Crippen molar-refractivity contribution in [2.75, 3.05) is 0 Å². The molecule has 4 heteroatoms. The maximum atomic E-state index is 9.12. The largest absolute Gasteiger partial charge is 0.350 e. The van der Waals surface area contributed by atoms with Crippen molar-refractivity contribution >= 4 is 16.6 Å². The van der Waals surface area contributed by atoms with E-state index >= 15 is 0 Å². The molecule has 2 unspecified atom stereocenters. The molecule has 2 atom stereocenters. The van der Waals surface area contributed by atoms with Gasteiger partial charge < -0.3 is 5.32 Å². The molecule has 0 amide bonds. The van der Waals surface area contributed by atoms with Crippen molar-refractivity contribution in [1.82, 2.24) is 10.6 Å². The highest BCUT2D eigenvalue weighted by Crippen LogP contribution is 2.35. The Morgan fingerprint density at radius 2 is 1.14 bits per heavy atom. The molecule has 0 fully saturated rings. The van der Waals surface area contributed by atoms with E-state index in [1.165, 1.54) is 21.9 Å². The molecule has 0 aromatic heterocycles. The molecule has 1 heterocycles. The summed E-state index contributed by atoms with van der Waals surface area (Å²) in [6, 6.07) is 52.3. The van der Waals surface area contributed by atoms with E-state index in [-0.39, 0.29) is 12.3 Å². The summed E-state index contributed by atoms with van der Waals surface area (Å²) in [5.74, 6) is 0.875. The predicted molar refractivity (Wildman–Crippen MR) is 171 cm³/mol. The molecule has 0 saturated carbocycles. The van der Waals surface area contributed by atoms with Crippen LogP contribution in [0.1, 0.15) is 34.6 Å². The lowest BCUT2D eigenvalue weighted by molar-refractivity contribution is 0.411. The number of rotatable bonds is 5. The Hall–Kier alpha value is -5.50. The highest BCUT2D eigenvalue weighted by Gasteiger charge is 2.26. The molecular weight excluding hydrogens is 512 g/mol. The highest BCUT2D eigenvalue weighted by molar-refractivity contribution is 6.01. The summed E-state index contributed by atoms with van der Waals surface area (Å²) < 4.78 is 0. The van der Waals surface area contributed by atoms with Gasteiger partial charge in [0.05, 0.1) is 11.6 Å². The van der Waals surface area contributed by atoms with Gasteiger partial charge in [0.15, 0.2) is 0 Å². The summed E-state index contributed by atoms with van der Waals surface area (Å²) in [6.45, 7) is 0. The Morgan fingerprint density at radius 3 is 1.83 bits per heavy atom. The van der Waals surface area contributed by atoms with Crippen LogP contribution in [0.3, 0.4) is 0 Å². The number of nitrogens with zero attached hydrogens (tertiary/aromatic N) is 2.